The van der Waals surface area contributed by atoms with Gasteiger partial charge in [0.1, 0.15) is 5.49 Å². The molecule has 0 fully saturated rings. The van der Waals surface area contributed by atoms with Gasteiger partial charge in [-0.1, -0.05) is 29.8 Å². The fourth-order valence-electron chi connectivity index (χ4n) is 2.87. The summed E-state index contributed by atoms with van der Waals surface area (Å²) in [6.45, 7) is 3.83. The van der Waals surface area contributed by atoms with Crippen LogP contribution in [0.4, 0.5) is 5.69 Å². The SMILES string of the molecule is CC(C)N=c1ccccn1C(=O)c1cccc(S(=O)(=O)N(C)c2cccc(Cl)c2)c1. The third-order valence-corrected chi connectivity index (χ3v) is 6.38. The largest absolute Gasteiger partial charge is 0.269 e. The molecular weight excluding hydrogens is 422 g/mol. The van der Waals surface area contributed by atoms with Gasteiger partial charge in [0.05, 0.1) is 10.6 Å². The Labute approximate surface area is 181 Å². The zero-order valence-electron chi connectivity index (χ0n) is 16.9. The fourth-order valence-corrected chi connectivity index (χ4v) is 4.29. The van der Waals surface area contributed by atoms with Crippen LogP contribution in [0.15, 0.2) is 82.8 Å². The van der Waals surface area contributed by atoms with E-state index >= 15 is 0 Å². The Morgan fingerprint density at radius 1 is 1.03 bits per heavy atom. The highest BCUT2D eigenvalue weighted by atomic mass is 35.5. The molecule has 156 valence electrons. The monoisotopic (exact) mass is 443 g/mol. The summed E-state index contributed by atoms with van der Waals surface area (Å²) in [5.74, 6) is -0.363. The average Bonchev–Trinajstić information content (AvgIpc) is 2.72. The maximum Gasteiger partial charge on any atom is 0.264 e. The molecule has 2 aromatic carbocycles. The minimum Gasteiger partial charge on any atom is -0.269 e. The number of carbonyl (C=O) groups is 1. The van der Waals surface area contributed by atoms with Crippen LogP contribution in [-0.4, -0.2) is 32.0 Å². The zero-order chi connectivity index (χ0) is 21.9. The lowest BCUT2D eigenvalue weighted by atomic mass is 10.2. The Morgan fingerprint density at radius 3 is 2.47 bits per heavy atom. The zero-order valence-corrected chi connectivity index (χ0v) is 18.4. The molecule has 1 aromatic heterocycles. The second-order valence-electron chi connectivity index (χ2n) is 6.94. The van der Waals surface area contributed by atoms with Crippen LogP contribution in [0.1, 0.15) is 24.2 Å². The van der Waals surface area contributed by atoms with Gasteiger partial charge in [0, 0.05) is 29.9 Å². The number of carbonyl (C=O) groups excluding carboxylic acids is 1. The quantitative estimate of drug-likeness (QED) is 0.599. The lowest BCUT2D eigenvalue weighted by Gasteiger charge is -2.20. The van der Waals surface area contributed by atoms with Gasteiger partial charge in [0.2, 0.25) is 0 Å². The van der Waals surface area contributed by atoms with Crippen molar-refractivity contribution in [3.63, 3.8) is 0 Å². The maximum atomic E-state index is 13.1. The minimum absolute atomic E-state index is 0.00417. The van der Waals surface area contributed by atoms with Crippen LogP contribution < -0.4 is 9.79 Å². The number of sulfonamides is 1. The van der Waals surface area contributed by atoms with E-state index in [0.717, 1.165) is 4.31 Å². The first-order valence-electron chi connectivity index (χ1n) is 9.31. The number of halogens is 1. The average molecular weight is 444 g/mol. The number of benzene rings is 2. The van der Waals surface area contributed by atoms with Crippen LogP contribution in [0, 0.1) is 0 Å². The van der Waals surface area contributed by atoms with Gasteiger partial charge < -0.3 is 0 Å². The molecule has 3 aromatic rings. The third-order valence-electron chi connectivity index (χ3n) is 4.36. The van der Waals surface area contributed by atoms with Crippen LogP contribution in [0.5, 0.6) is 0 Å². The number of hydrogen-bond acceptors (Lipinski definition) is 4. The molecule has 1 heterocycles. The summed E-state index contributed by atoms with van der Waals surface area (Å²) in [5.41, 5.74) is 1.17. The van der Waals surface area contributed by atoms with Crippen molar-refractivity contribution in [1.29, 1.82) is 0 Å². The van der Waals surface area contributed by atoms with Crippen molar-refractivity contribution < 1.29 is 13.2 Å². The highest BCUT2D eigenvalue weighted by Gasteiger charge is 2.23. The lowest BCUT2D eigenvalue weighted by molar-refractivity contribution is 0.0954. The molecule has 0 saturated carbocycles. The number of aromatic nitrogens is 1. The first-order valence-corrected chi connectivity index (χ1v) is 11.1. The minimum atomic E-state index is -3.89. The maximum absolute atomic E-state index is 13.1. The van der Waals surface area contributed by atoms with Crippen molar-refractivity contribution >= 4 is 33.2 Å². The third kappa shape index (κ3) is 4.63. The Balaban J connectivity index is 2.02. The molecule has 0 saturated heterocycles. The molecule has 0 radical (unpaired) electrons. The summed E-state index contributed by atoms with van der Waals surface area (Å²) in [4.78, 5) is 17.6. The van der Waals surface area contributed by atoms with Gasteiger partial charge >= 0.3 is 0 Å². The van der Waals surface area contributed by atoms with Crippen molar-refractivity contribution in [2.75, 3.05) is 11.4 Å². The Morgan fingerprint density at radius 2 is 1.77 bits per heavy atom. The molecule has 0 N–H and O–H groups in total. The lowest BCUT2D eigenvalue weighted by Crippen LogP contribution is -2.29. The summed E-state index contributed by atoms with van der Waals surface area (Å²) >= 11 is 5.99. The number of hydrogen-bond donors (Lipinski definition) is 0. The summed E-state index contributed by atoms with van der Waals surface area (Å²) in [5, 5.41) is 0.431. The standard InChI is InChI=1S/C22H22ClN3O3S/c1-16(2)24-21-12-4-5-13-26(21)22(27)17-8-6-11-20(14-17)30(28,29)25(3)19-10-7-9-18(23)15-19/h4-16H,1-3H3. The normalized spacial score (nSPS) is 12.2. The van der Waals surface area contributed by atoms with E-state index < -0.39 is 10.0 Å². The molecule has 3 rings (SSSR count). The second kappa shape index (κ2) is 8.85. The molecule has 0 bridgehead atoms. The van der Waals surface area contributed by atoms with Crippen molar-refractivity contribution in [2.24, 2.45) is 4.99 Å². The topological polar surface area (TPSA) is 71.7 Å². The van der Waals surface area contributed by atoms with E-state index in [2.05, 4.69) is 4.99 Å². The van der Waals surface area contributed by atoms with E-state index in [1.807, 2.05) is 13.8 Å². The molecule has 0 unspecified atom stereocenters. The van der Waals surface area contributed by atoms with Crippen LogP contribution in [-0.2, 0) is 10.0 Å². The molecule has 0 aliphatic carbocycles. The van der Waals surface area contributed by atoms with Gasteiger partial charge in [-0.2, -0.15) is 0 Å². The van der Waals surface area contributed by atoms with E-state index in [0.29, 0.717) is 16.2 Å². The van der Waals surface area contributed by atoms with E-state index in [9.17, 15) is 13.2 Å². The van der Waals surface area contributed by atoms with E-state index in [4.69, 9.17) is 11.6 Å². The van der Waals surface area contributed by atoms with Gasteiger partial charge in [-0.3, -0.25) is 18.7 Å². The summed E-state index contributed by atoms with van der Waals surface area (Å²) < 4.78 is 28.8. The Bertz CT molecular complexity index is 1250. The molecule has 0 aliphatic rings. The molecule has 0 atom stereocenters. The van der Waals surface area contributed by atoms with E-state index in [-0.39, 0.29) is 22.4 Å². The number of pyridine rings is 1. The number of nitrogens with zero attached hydrogens (tertiary/aromatic N) is 3. The molecule has 0 amide bonds. The predicted molar refractivity (Wildman–Crippen MR) is 118 cm³/mol. The highest BCUT2D eigenvalue weighted by Crippen LogP contribution is 2.25. The van der Waals surface area contributed by atoms with Gasteiger partial charge in [-0.15, -0.1) is 0 Å². The first-order chi connectivity index (χ1) is 14.2. The molecular formula is C22H22ClN3O3S. The van der Waals surface area contributed by atoms with Crippen LogP contribution in [0.25, 0.3) is 0 Å². The van der Waals surface area contributed by atoms with Gasteiger partial charge in [-0.25, -0.2) is 8.42 Å². The summed E-state index contributed by atoms with van der Waals surface area (Å²) in [7, 11) is -2.44. The smallest absolute Gasteiger partial charge is 0.264 e. The van der Waals surface area contributed by atoms with Gasteiger partial charge in [0.25, 0.3) is 15.9 Å². The van der Waals surface area contributed by atoms with Crippen molar-refractivity contribution in [3.05, 3.63) is 89.0 Å². The van der Waals surface area contributed by atoms with Crippen molar-refractivity contribution in [3.8, 4) is 0 Å². The van der Waals surface area contributed by atoms with E-state index in [1.165, 1.54) is 23.7 Å². The number of rotatable bonds is 5. The van der Waals surface area contributed by atoms with Crippen LogP contribution in [0.2, 0.25) is 5.02 Å². The van der Waals surface area contributed by atoms with Crippen molar-refractivity contribution in [2.45, 2.75) is 24.8 Å². The molecule has 0 spiro atoms. The summed E-state index contributed by atoms with van der Waals surface area (Å²) in [6.07, 6.45) is 1.61. The molecule has 6 nitrogen and oxygen atoms in total. The van der Waals surface area contributed by atoms with E-state index in [1.54, 1.807) is 60.8 Å². The van der Waals surface area contributed by atoms with Gasteiger partial charge in [0.15, 0.2) is 0 Å². The fraction of sp³-hybridized carbons (Fsp3) is 0.182. The highest BCUT2D eigenvalue weighted by molar-refractivity contribution is 7.92. The Kier molecular flexibility index (Phi) is 6.43. The molecule has 30 heavy (non-hydrogen) atoms. The van der Waals surface area contributed by atoms with Crippen LogP contribution in [0.3, 0.4) is 0 Å². The van der Waals surface area contributed by atoms with Crippen molar-refractivity contribution in [1.82, 2.24) is 4.57 Å². The van der Waals surface area contributed by atoms with Crippen LogP contribution >= 0.6 is 11.6 Å². The van der Waals surface area contributed by atoms with Gasteiger partial charge in [-0.05, 0) is 62.4 Å². The Hall–Kier alpha value is -2.90. The second-order valence-corrected chi connectivity index (χ2v) is 9.34. The molecule has 0 aliphatic heterocycles. The first kappa shape index (κ1) is 21.8. The predicted octanol–water partition coefficient (Wildman–Crippen LogP) is 3.96. The molecule has 8 heteroatoms. The number of anilines is 1. The summed E-state index contributed by atoms with van der Waals surface area (Å²) in [6, 6.07) is 17.8.